The van der Waals surface area contributed by atoms with Crippen molar-refractivity contribution in [1.29, 1.82) is 0 Å². The fraction of sp³-hybridized carbons (Fsp3) is 0.667. The molecular weight excluding hydrogens is 291 g/mol. The Hall–Kier alpha value is -1.45. The molecule has 1 aromatic rings. The highest BCUT2D eigenvalue weighted by Gasteiger charge is 2.38. The van der Waals surface area contributed by atoms with Gasteiger partial charge in [-0.15, -0.1) is 0 Å². The lowest BCUT2D eigenvalue weighted by atomic mass is 9.82. The summed E-state index contributed by atoms with van der Waals surface area (Å²) in [4.78, 5) is 7.03. The summed E-state index contributed by atoms with van der Waals surface area (Å²) in [5.74, 6) is -0.705. The van der Waals surface area contributed by atoms with Crippen molar-refractivity contribution in [3.05, 3.63) is 18.0 Å². The first kappa shape index (κ1) is 15.9. The molecule has 2 unspecified atom stereocenters. The number of hydrogen-bond donors (Lipinski definition) is 4. The lowest BCUT2D eigenvalue weighted by molar-refractivity contribution is -0.141. The fourth-order valence-corrected chi connectivity index (χ4v) is 2.36. The SMILES string of the molecule is OCC1CC[C@H](Nc2nccc(C(F)(F)F)n2)C(O)[C@H]1O. The van der Waals surface area contributed by atoms with Gasteiger partial charge in [0.25, 0.3) is 0 Å². The van der Waals surface area contributed by atoms with Crippen molar-refractivity contribution in [2.75, 3.05) is 11.9 Å². The number of rotatable bonds is 3. The Bertz CT molecular complexity index is 486. The van der Waals surface area contributed by atoms with Gasteiger partial charge in [-0.1, -0.05) is 0 Å². The van der Waals surface area contributed by atoms with Crippen molar-refractivity contribution in [3.63, 3.8) is 0 Å². The maximum absolute atomic E-state index is 12.5. The predicted molar refractivity (Wildman–Crippen MR) is 66.3 cm³/mol. The molecule has 2 rings (SSSR count). The number of aliphatic hydroxyl groups is 3. The van der Waals surface area contributed by atoms with Gasteiger partial charge in [-0.25, -0.2) is 9.97 Å². The first-order chi connectivity index (χ1) is 9.82. The zero-order valence-electron chi connectivity index (χ0n) is 11.0. The lowest BCUT2D eigenvalue weighted by Crippen LogP contribution is -2.50. The van der Waals surface area contributed by atoms with Gasteiger partial charge in [0, 0.05) is 18.7 Å². The molecule has 4 atom stereocenters. The third kappa shape index (κ3) is 3.60. The summed E-state index contributed by atoms with van der Waals surface area (Å²) in [7, 11) is 0. The Balaban J connectivity index is 2.08. The maximum Gasteiger partial charge on any atom is 0.433 e. The molecule has 0 radical (unpaired) electrons. The van der Waals surface area contributed by atoms with E-state index in [9.17, 15) is 23.4 Å². The lowest BCUT2D eigenvalue weighted by Gasteiger charge is -2.37. The molecule has 1 aliphatic carbocycles. The Morgan fingerprint density at radius 1 is 1.24 bits per heavy atom. The van der Waals surface area contributed by atoms with E-state index in [0.717, 1.165) is 12.3 Å². The molecule has 1 heterocycles. The minimum atomic E-state index is -4.58. The second-order valence-corrected chi connectivity index (χ2v) is 5.02. The van der Waals surface area contributed by atoms with Crippen LogP contribution in [0.3, 0.4) is 0 Å². The van der Waals surface area contributed by atoms with Crippen LogP contribution in [-0.4, -0.2) is 50.1 Å². The molecule has 1 fully saturated rings. The van der Waals surface area contributed by atoms with Gasteiger partial charge in [0.2, 0.25) is 5.95 Å². The molecule has 118 valence electrons. The zero-order chi connectivity index (χ0) is 15.6. The maximum atomic E-state index is 12.5. The van der Waals surface area contributed by atoms with Crippen molar-refractivity contribution in [1.82, 2.24) is 9.97 Å². The van der Waals surface area contributed by atoms with Crippen molar-refractivity contribution in [2.24, 2.45) is 5.92 Å². The Morgan fingerprint density at radius 3 is 2.57 bits per heavy atom. The van der Waals surface area contributed by atoms with Gasteiger partial charge in [0.1, 0.15) is 11.8 Å². The van der Waals surface area contributed by atoms with Gasteiger partial charge in [-0.2, -0.15) is 13.2 Å². The number of nitrogens with zero attached hydrogens (tertiary/aromatic N) is 2. The molecule has 4 N–H and O–H groups in total. The first-order valence-electron chi connectivity index (χ1n) is 6.46. The molecule has 0 aromatic carbocycles. The smallest absolute Gasteiger partial charge is 0.396 e. The van der Waals surface area contributed by atoms with Crippen molar-refractivity contribution in [2.45, 2.75) is 37.3 Å². The van der Waals surface area contributed by atoms with Crippen LogP contribution < -0.4 is 5.32 Å². The van der Waals surface area contributed by atoms with E-state index in [1.807, 2.05) is 0 Å². The van der Waals surface area contributed by atoms with E-state index in [1.54, 1.807) is 0 Å². The summed E-state index contributed by atoms with van der Waals surface area (Å²) < 4.78 is 37.6. The highest BCUT2D eigenvalue weighted by molar-refractivity contribution is 5.28. The predicted octanol–water partition coefficient (Wildman–Crippen LogP) is 0.400. The molecule has 0 bridgehead atoms. The van der Waals surface area contributed by atoms with Crippen LogP contribution in [0, 0.1) is 5.92 Å². The van der Waals surface area contributed by atoms with Gasteiger partial charge in [0.05, 0.1) is 12.1 Å². The average molecular weight is 307 g/mol. The Kier molecular flexibility index (Phi) is 4.64. The highest BCUT2D eigenvalue weighted by Crippen LogP contribution is 2.29. The summed E-state index contributed by atoms with van der Waals surface area (Å²) in [6.45, 7) is -0.259. The molecular formula is C12H16F3N3O3. The van der Waals surface area contributed by atoms with Crippen molar-refractivity contribution >= 4 is 5.95 Å². The van der Waals surface area contributed by atoms with Crippen LogP contribution >= 0.6 is 0 Å². The van der Waals surface area contributed by atoms with Crippen LogP contribution in [0.1, 0.15) is 18.5 Å². The van der Waals surface area contributed by atoms with Crippen LogP contribution in [0.4, 0.5) is 19.1 Å². The largest absolute Gasteiger partial charge is 0.433 e. The molecule has 9 heteroatoms. The highest BCUT2D eigenvalue weighted by atomic mass is 19.4. The molecule has 0 aliphatic heterocycles. The van der Waals surface area contributed by atoms with Crippen LogP contribution in [-0.2, 0) is 6.18 Å². The number of nitrogens with one attached hydrogen (secondary N) is 1. The second kappa shape index (κ2) is 6.12. The number of aromatic nitrogens is 2. The number of alkyl halides is 3. The molecule has 6 nitrogen and oxygen atoms in total. The molecule has 1 saturated carbocycles. The van der Waals surface area contributed by atoms with E-state index in [4.69, 9.17) is 5.11 Å². The third-order valence-electron chi connectivity index (χ3n) is 3.59. The second-order valence-electron chi connectivity index (χ2n) is 5.02. The van der Waals surface area contributed by atoms with Crippen LogP contribution in [0.2, 0.25) is 0 Å². The van der Waals surface area contributed by atoms with Crippen molar-refractivity contribution < 1.29 is 28.5 Å². The molecule has 0 amide bonds. The number of hydrogen-bond acceptors (Lipinski definition) is 6. The van der Waals surface area contributed by atoms with Gasteiger partial charge in [0.15, 0.2) is 0 Å². The summed E-state index contributed by atoms with van der Waals surface area (Å²) in [6, 6.07) is 0.0744. The van der Waals surface area contributed by atoms with Crippen LogP contribution in [0.25, 0.3) is 0 Å². The van der Waals surface area contributed by atoms with Gasteiger partial charge < -0.3 is 20.6 Å². The van der Waals surface area contributed by atoms with E-state index in [0.29, 0.717) is 12.8 Å². The van der Waals surface area contributed by atoms with Gasteiger partial charge >= 0.3 is 6.18 Å². The minimum Gasteiger partial charge on any atom is -0.396 e. The zero-order valence-corrected chi connectivity index (χ0v) is 11.0. The van der Waals surface area contributed by atoms with E-state index >= 15 is 0 Å². The third-order valence-corrected chi connectivity index (χ3v) is 3.59. The van der Waals surface area contributed by atoms with Gasteiger partial charge in [-0.05, 0) is 18.9 Å². The normalized spacial score (nSPS) is 30.2. The topological polar surface area (TPSA) is 98.5 Å². The summed E-state index contributed by atoms with van der Waals surface area (Å²) in [5.41, 5.74) is -1.08. The minimum absolute atomic E-state index is 0.259. The van der Waals surface area contributed by atoms with Crippen LogP contribution in [0.5, 0.6) is 0 Å². The summed E-state index contributed by atoms with van der Waals surface area (Å²) in [6.07, 6.45) is -5.15. The fourth-order valence-electron chi connectivity index (χ4n) is 2.36. The molecule has 0 spiro atoms. The van der Waals surface area contributed by atoms with E-state index < -0.39 is 36.0 Å². The van der Waals surface area contributed by atoms with E-state index in [-0.39, 0.29) is 12.6 Å². The standard InChI is InChI=1S/C12H16F3N3O3/c13-12(14,15)8-3-4-16-11(18-8)17-7-2-1-6(5-19)9(20)10(7)21/h3-4,6-7,9-10,19-21H,1-2,5H2,(H,16,17,18)/t6?,7-,9-,10?/m0/s1. The van der Waals surface area contributed by atoms with Crippen molar-refractivity contribution in [3.8, 4) is 0 Å². The average Bonchev–Trinajstić information content (AvgIpc) is 2.44. The summed E-state index contributed by atoms with van der Waals surface area (Å²) >= 11 is 0. The molecule has 0 saturated heterocycles. The molecule has 1 aromatic heterocycles. The summed E-state index contributed by atoms with van der Waals surface area (Å²) in [5, 5.41) is 31.4. The monoisotopic (exact) mass is 307 g/mol. The van der Waals surface area contributed by atoms with Crippen LogP contribution in [0.15, 0.2) is 12.3 Å². The van der Waals surface area contributed by atoms with E-state index in [2.05, 4.69) is 15.3 Å². The Morgan fingerprint density at radius 2 is 1.95 bits per heavy atom. The molecule has 21 heavy (non-hydrogen) atoms. The first-order valence-corrected chi connectivity index (χ1v) is 6.46. The quantitative estimate of drug-likeness (QED) is 0.645. The van der Waals surface area contributed by atoms with Gasteiger partial charge in [-0.3, -0.25) is 0 Å². The van der Waals surface area contributed by atoms with E-state index in [1.165, 1.54) is 0 Å². The number of halogens is 3. The Labute approximate surface area is 118 Å². The number of anilines is 1. The number of aliphatic hydroxyl groups excluding tert-OH is 3. The molecule has 1 aliphatic rings.